The summed E-state index contributed by atoms with van der Waals surface area (Å²) in [7, 11) is 4.54. The van der Waals surface area contributed by atoms with Gasteiger partial charge in [0.2, 0.25) is 0 Å². The van der Waals surface area contributed by atoms with E-state index in [9.17, 15) is 0 Å². The lowest BCUT2D eigenvalue weighted by Gasteiger charge is -2.24. The Bertz CT molecular complexity index is 307. The molecule has 1 nitrogen and oxygen atoms in total. The molecular formula is C27H55N. The molecule has 0 amide bonds. The summed E-state index contributed by atoms with van der Waals surface area (Å²) in [5.41, 5.74) is 0. The summed E-state index contributed by atoms with van der Waals surface area (Å²) in [6.45, 7) is 4.59. The largest absolute Gasteiger partial charge is 0.306 e. The standard InChI is InChI=1S/C27H55N/c1-5-7-9-11-12-13-14-15-16-17-18-19-20-21-22-24-26-27(28(3)4)25-23-10-8-6-2/h15-16,27H,5-14,17-26H2,1-4H3/b16-15-. The number of rotatable bonds is 22. The van der Waals surface area contributed by atoms with Crippen LogP contribution in [0.2, 0.25) is 0 Å². The van der Waals surface area contributed by atoms with Crippen LogP contribution in [0.1, 0.15) is 142 Å². The fourth-order valence-corrected chi connectivity index (χ4v) is 4.09. The highest BCUT2D eigenvalue weighted by molar-refractivity contribution is 4.81. The van der Waals surface area contributed by atoms with Crippen molar-refractivity contribution in [1.82, 2.24) is 4.90 Å². The van der Waals surface area contributed by atoms with Gasteiger partial charge >= 0.3 is 0 Å². The van der Waals surface area contributed by atoms with Crippen molar-refractivity contribution in [3.05, 3.63) is 12.2 Å². The molecule has 0 aromatic heterocycles. The van der Waals surface area contributed by atoms with Crippen molar-refractivity contribution >= 4 is 0 Å². The smallest absolute Gasteiger partial charge is 0.00891 e. The van der Waals surface area contributed by atoms with E-state index < -0.39 is 0 Å². The van der Waals surface area contributed by atoms with E-state index in [0.717, 1.165) is 6.04 Å². The molecule has 0 N–H and O–H groups in total. The Morgan fingerprint density at radius 2 is 0.857 bits per heavy atom. The van der Waals surface area contributed by atoms with Gasteiger partial charge in [0.15, 0.2) is 0 Å². The van der Waals surface area contributed by atoms with Crippen LogP contribution < -0.4 is 0 Å². The molecule has 0 aliphatic rings. The third kappa shape index (κ3) is 20.4. The SMILES string of the molecule is CCCCCCCC/C=C\CCCCCCCCC(CCCCCC)N(C)C. The average Bonchev–Trinajstić information content (AvgIpc) is 2.69. The quantitative estimate of drug-likeness (QED) is 0.131. The van der Waals surface area contributed by atoms with Crippen LogP contribution in [0.5, 0.6) is 0 Å². The minimum absolute atomic E-state index is 0.814. The van der Waals surface area contributed by atoms with Crippen LogP contribution in [0.4, 0.5) is 0 Å². The third-order valence-corrected chi connectivity index (χ3v) is 6.17. The van der Waals surface area contributed by atoms with E-state index in [1.807, 2.05) is 0 Å². The molecule has 0 rings (SSSR count). The van der Waals surface area contributed by atoms with Crippen molar-refractivity contribution in [2.45, 2.75) is 148 Å². The highest BCUT2D eigenvalue weighted by Crippen LogP contribution is 2.16. The summed E-state index contributed by atoms with van der Waals surface area (Å²) in [6, 6.07) is 0.814. The molecule has 0 radical (unpaired) electrons. The van der Waals surface area contributed by atoms with Gasteiger partial charge in [-0.15, -0.1) is 0 Å². The molecule has 0 saturated heterocycles. The topological polar surface area (TPSA) is 3.24 Å². The van der Waals surface area contributed by atoms with Gasteiger partial charge in [0.25, 0.3) is 0 Å². The lowest BCUT2D eigenvalue weighted by Crippen LogP contribution is -2.27. The lowest BCUT2D eigenvalue weighted by atomic mass is 9.99. The molecule has 168 valence electrons. The predicted molar refractivity (Wildman–Crippen MR) is 130 cm³/mol. The van der Waals surface area contributed by atoms with E-state index in [0.29, 0.717) is 0 Å². The molecule has 28 heavy (non-hydrogen) atoms. The van der Waals surface area contributed by atoms with Gasteiger partial charge < -0.3 is 4.90 Å². The molecule has 1 atom stereocenters. The summed E-state index contributed by atoms with van der Waals surface area (Å²) in [4.78, 5) is 2.46. The average molecular weight is 394 g/mol. The first kappa shape index (κ1) is 27.7. The van der Waals surface area contributed by atoms with Crippen molar-refractivity contribution in [3.8, 4) is 0 Å². The van der Waals surface area contributed by atoms with Crippen molar-refractivity contribution in [2.75, 3.05) is 14.1 Å². The maximum atomic E-state index is 2.46. The molecule has 0 fully saturated rings. The van der Waals surface area contributed by atoms with Crippen molar-refractivity contribution in [1.29, 1.82) is 0 Å². The van der Waals surface area contributed by atoms with Gasteiger partial charge in [-0.2, -0.15) is 0 Å². The van der Waals surface area contributed by atoms with Crippen LogP contribution in [0.15, 0.2) is 12.2 Å². The first-order valence-corrected chi connectivity index (χ1v) is 13.0. The zero-order valence-electron chi connectivity index (χ0n) is 20.3. The normalized spacial score (nSPS) is 13.0. The molecule has 0 bridgehead atoms. The number of unbranched alkanes of at least 4 members (excludes halogenated alkanes) is 15. The van der Waals surface area contributed by atoms with Crippen LogP contribution in [0.3, 0.4) is 0 Å². The van der Waals surface area contributed by atoms with E-state index in [1.54, 1.807) is 0 Å². The molecular weight excluding hydrogens is 338 g/mol. The predicted octanol–water partition coefficient (Wildman–Crippen LogP) is 9.31. The number of hydrogen-bond acceptors (Lipinski definition) is 1. The Morgan fingerprint density at radius 1 is 0.500 bits per heavy atom. The first-order chi connectivity index (χ1) is 13.7. The van der Waals surface area contributed by atoms with Gasteiger partial charge in [0, 0.05) is 6.04 Å². The maximum absolute atomic E-state index is 2.46. The Morgan fingerprint density at radius 3 is 1.29 bits per heavy atom. The Kier molecular flexibility index (Phi) is 22.7. The summed E-state index contributed by atoms with van der Waals surface area (Å²) in [5.74, 6) is 0. The molecule has 0 saturated carbocycles. The Balaban J connectivity index is 3.37. The minimum atomic E-state index is 0.814. The third-order valence-electron chi connectivity index (χ3n) is 6.17. The Hall–Kier alpha value is -0.300. The molecule has 1 heteroatoms. The molecule has 0 aromatic rings. The minimum Gasteiger partial charge on any atom is -0.306 e. The van der Waals surface area contributed by atoms with E-state index in [1.165, 1.54) is 128 Å². The molecule has 0 aromatic carbocycles. The summed E-state index contributed by atoms with van der Waals surface area (Å²) in [6.07, 6.45) is 32.9. The van der Waals surface area contributed by atoms with Gasteiger partial charge in [-0.05, 0) is 52.6 Å². The van der Waals surface area contributed by atoms with Crippen LogP contribution in [0, 0.1) is 0 Å². The van der Waals surface area contributed by atoms with Crippen molar-refractivity contribution in [2.24, 2.45) is 0 Å². The molecule has 1 unspecified atom stereocenters. The first-order valence-electron chi connectivity index (χ1n) is 13.0. The summed E-state index contributed by atoms with van der Waals surface area (Å²) >= 11 is 0. The molecule has 0 spiro atoms. The summed E-state index contributed by atoms with van der Waals surface area (Å²) < 4.78 is 0. The van der Waals surface area contributed by atoms with Gasteiger partial charge in [0.05, 0.1) is 0 Å². The second-order valence-corrected chi connectivity index (χ2v) is 9.19. The van der Waals surface area contributed by atoms with Gasteiger partial charge in [-0.1, -0.05) is 116 Å². The fourth-order valence-electron chi connectivity index (χ4n) is 4.09. The van der Waals surface area contributed by atoms with Gasteiger partial charge in [-0.3, -0.25) is 0 Å². The van der Waals surface area contributed by atoms with Crippen molar-refractivity contribution < 1.29 is 0 Å². The maximum Gasteiger partial charge on any atom is 0.00891 e. The zero-order valence-corrected chi connectivity index (χ0v) is 20.3. The van der Waals surface area contributed by atoms with E-state index in [2.05, 4.69) is 45.0 Å². The van der Waals surface area contributed by atoms with Gasteiger partial charge in [-0.25, -0.2) is 0 Å². The summed E-state index contributed by atoms with van der Waals surface area (Å²) in [5, 5.41) is 0. The van der Waals surface area contributed by atoms with E-state index >= 15 is 0 Å². The monoisotopic (exact) mass is 393 g/mol. The van der Waals surface area contributed by atoms with E-state index in [-0.39, 0.29) is 0 Å². The van der Waals surface area contributed by atoms with Gasteiger partial charge in [0.1, 0.15) is 0 Å². The lowest BCUT2D eigenvalue weighted by molar-refractivity contribution is 0.251. The van der Waals surface area contributed by atoms with Crippen LogP contribution in [-0.4, -0.2) is 25.0 Å². The fraction of sp³-hybridized carbons (Fsp3) is 0.926. The van der Waals surface area contributed by atoms with Crippen molar-refractivity contribution in [3.63, 3.8) is 0 Å². The number of allylic oxidation sites excluding steroid dienone is 2. The van der Waals surface area contributed by atoms with Crippen LogP contribution in [0.25, 0.3) is 0 Å². The molecule has 0 aliphatic heterocycles. The highest BCUT2D eigenvalue weighted by atomic mass is 15.1. The number of nitrogens with zero attached hydrogens (tertiary/aromatic N) is 1. The molecule has 0 aliphatic carbocycles. The highest BCUT2D eigenvalue weighted by Gasteiger charge is 2.10. The van der Waals surface area contributed by atoms with E-state index in [4.69, 9.17) is 0 Å². The van der Waals surface area contributed by atoms with Crippen LogP contribution in [-0.2, 0) is 0 Å². The van der Waals surface area contributed by atoms with Crippen LogP contribution >= 0.6 is 0 Å². The molecule has 0 heterocycles. The number of hydrogen-bond donors (Lipinski definition) is 0. The zero-order chi connectivity index (χ0) is 20.7. The Labute approximate surface area is 179 Å². The second kappa shape index (κ2) is 23.0. The second-order valence-electron chi connectivity index (χ2n) is 9.19.